The van der Waals surface area contributed by atoms with Gasteiger partial charge in [0.25, 0.3) is 0 Å². The van der Waals surface area contributed by atoms with Gasteiger partial charge in [0, 0.05) is 37.6 Å². The molecule has 0 aromatic rings. The van der Waals surface area contributed by atoms with E-state index in [-0.39, 0.29) is 51.5 Å². The molecular formula is C25H38N4O4. The molecule has 4 aliphatic rings. The first-order valence-electron chi connectivity index (χ1n) is 12.2. The summed E-state index contributed by atoms with van der Waals surface area (Å²) < 4.78 is 0. The van der Waals surface area contributed by atoms with E-state index in [1.165, 1.54) is 0 Å². The highest BCUT2D eigenvalue weighted by Gasteiger charge is 2.67. The summed E-state index contributed by atoms with van der Waals surface area (Å²) in [4.78, 5) is 50.8. The van der Waals surface area contributed by atoms with Crippen molar-refractivity contribution in [3.05, 3.63) is 10.4 Å². The molecule has 33 heavy (non-hydrogen) atoms. The molecule has 0 saturated heterocycles. The van der Waals surface area contributed by atoms with Gasteiger partial charge in [-0.3, -0.25) is 9.59 Å². The molecule has 0 heterocycles. The van der Waals surface area contributed by atoms with Gasteiger partial charge >= 0.3 is 0 Å². The largest absolute Gasteiger partial charge is 0.356 e. The van der Waals surface area contributed by atoms with E-state index in [0.717, 1.165) is 57.8 Å². The molecule has 0 spiro atoms. The van der Waals surface area contributed by atoms with Crippen molar-refractivity contribution in [3.63, 3.8) is 0 Å². The molecular weight excluding hydrogens is 420 g/mol. The minimum Gasteiger partial charge on any atom is -0.356 e. The van der Waals surface area contributed by atoms with Crippen LogP contribution >= 0.6 is 0 Å². The van der Waals surface area contributed by atoms with Crippen LogP contribution in [-0.4, -0.2) is 36.3 Å². The van der Waals surface area contributed by atoms with Crippen LogP contribution in [0.5, 0.6) is 0 Å². The van der Waals surface area contributed by atoms with Crippen LogP contribution in [0.3, 0.4) is 0 Å². The average Bonchev–Trinajstić information content (AvgIpc) is 2.71. The van der Waals surface area contributed by atoms with Gasteiger partial charge in [-0.25, -0.2) is 0 Å². The summed E-state index contributed by atoms with van der Waals surface area (Å²) in [5, 5.41) is 6.51. The molecule has 0 radical (unpaired) electrons. The molecule has 8 nitrogen and oxygen atoms in total. The maximum atomic E-state index is 12.4. The minimum atomic E-state index is -0.116. The van der Waals surface area contributed by atoms with E-state index in [2.05, 4.69) is 15.3 Å². The van der Waals surface area contributed by atoms with Gasteiger partial charge in [-0.05, 0) is 98.8 Å². The molecule has 4 bridgehead atoms. The number of ketones is 3. The Labute approximate surface area is 196 Å². The number of Topliss-reactive ketones (excluding diaryl/α,β-unsaturated/α-hetero) is 3. The van der Waals surface area contributed by atoms with Crippen molar-refractivity contribution < 1.29 is 19.2 Å². The lowest BCUT2D eigenvalue weighted by molar-refractivity contribution is -0.208. The van der Waals surface area contributed by atoms with Crippen LogP contribution in [0.15, 0.2) is 5.11 Å². The van der Waals surface area contributed by atoms with Gasteiger partial charge < -0.3 is 14.9 Å². The predicted molar refractivity (Wildman–Crippen MR) is 124 cm³/mol. The SMILES string of the molecule is CC(=O)CC[C@]12CC3(CCC(=O)CN=[N+]=[N-])CC(CNC(C)=O)(C1)C[C@@](CCC(C)=O)(C3)C2. The molecule has 4 aliphatic carbocycles. The Kier molecular flexibility index (Phi) is 7.37. The third-order valence-electron chi connectivity index (χ3n) is 8.47. The van der Waals surface area contributed by atoms with Crippen LogP contribution in [0, 0.1) is 21.7 Å². The van der Waals surface area contributed by atoms with Crippen molar-refractivity contribution in [1.29, 1.82) is 0 Å². The third kappa shape index (κ3) is 6.03. The second-order valence-corrected chi connectivity index (χ2v) is 11.8. The lowest BCUT2D eigenvalue weighted by atomic mass is 9.33. The highest BCUT2D eigenvalue weighted by molar-refractivity contribution is 5.80. The molecule has 1 amide bonds. The summed E-state index contributed by atoms with van der Waals surface area (Å²) in [6, 6.07) is 0. The Morgan fingerprint density at radius 2 is 1.18 bits per heavy atom. The molecule has 0 aromatic heterocycles. The predicted octanol–water partition coefficient (Wildman–Crippen LogP) is 4.85. The summed E-state index contributed by atoms with van der Waals surface area (Å²) in [5.41, 5.74) is 8.43. The van der Waals surface area contributed by atoms with E-state index in [1.807, 2.05) is 0 Å². The number of rotatable bonds is 13. The number of azide groups is 1. The number of nitrogens with zero attached hydrogens (tertiary/aromatic N) is 3. The van der Waals surface area contributed by atoms with Gasteiger partial charge in [0.15, 0.2) is 0 Å². The lowest BCUT2D eigenvalue weighted by Crippen LogP contribution is -2.63. The van der Waals surface area contributed by atoms with Crippen molar-refractivity contribution in [1.82, 2.24) is 5.32 Å². The summed E-state index contributed by atoms with van der Waals surface area (Å²) in [6.07, 6.45) is 9.82. The first-order chi connectivity index (χ1) is 15.4. The smallest absolute Gasteiger partial charge is 0.216 e. The fourth-order valence-electron chi connectivity index (χ4n) is 8.29. The molecule has 4 fully saturated rings. The maximum Gasteiger partial charge on any atom is 0.216 e. The fraction of sp³-hybridized carbons (Fsp3) is 0.840. The zero-order valence-corrected chi connectivity index (χ0v) is 20.4. The second-order valence-electron chi connectivity index (χ2n) is 11.8. The Balaban J connectivity index is 1.95. The standard InChI is InChI=1S/C25H38N4O4/c1-18(30)4-7-22-11-23(8-5-19(2)31)13-24(12-22,9-6-21(33)10-28-29-26)16-25(14-22,15-23)17-27-20(3)32/h4-17H2,1-3H3,(H,27,32)/t22-,23+,24?,25?. The number of hydrogen-bond acceptors (Lipinski definition) is 5. The van der Waals surface area contributed by atoms with Crippen molar-refractivity contribution in [2.24, 2.45) is 26.8 Å². The van der Waals surface area contributed by atoms with Crippen molar-refractivity contribution >= 4 is 23.3 Å². The van der Waals surface area contributed by atoms with Crippen molar-refractivity contribution in [2.45, 2.75) is 97.8 Å². The van der Waals surface area contributed by atoms with Gasteiger partial charge in [0.05, 0.1) is 6.54 Å². The Morgan fingerprint density at radius 1 is 0.758 bits per heavy atom. The summed E-state index contributed by atoms with van der Waals surface area (Å²) in [6.45, 7) is 5.32. The van der Waals surface area contributed by atoms with Crippen LogP contribution in [0.2, 0.25) is 0 Å². The third-order valence-corrected chi connectivity index (χ3v) is 8.47. The van der Waals surface area contributed by atoms with Gasteiger partial charge in [-0.15, -0.1) is 0 Å². The summed E-state index contributed by atoms with van der Waals surface area (Å²) >= 11 is 0. The van der Waals surface area contributed by atoms with Crippen molar-refractivity contribution in [3.8, 4) is 0 Å². The fourth-order valence-corrected chi connectivity index (χ4v) is 8.29. The first kappa shape index (κ1) is 25.4. The Hall–Kier alpha value is -2.21. The van der Waals surface area contributed by atoms with Crippen LogP contribution in [0.25, 0.3) is 10.4 Å². The molecule has 4 rings (SSSR count). The quantitative estimate of drug-likeness (QED) is 0.240. The molecule has 8 heteroatoms. The van der Waals surface area contributed by atoms with E-state index in [4.69, 9.17) is 5.53 Å². The van der Waals surface area contributed by atoms with E-state index in [0.29, 0.717) is 25.8 Å². The van der Waals surface area contributed by atoms with Gasteiger partial charge in [0.2, 0.25) is 5.91 Å². The highest BCUT2D eigenvalue weighted by atomic mass is 16.1. The Morgan fingerprint density at radius 3 is 1.58 bits per heavy atom. The van der Waals surface area contributed by atoms with E-state index in [9.17, 15) is 19.2 Å². The van der Waals surface area contributed by atoms with Gasteiger partial charge in [-0.1, -0.05) is 5.11 Å². The molecule has 2 unspecified atom stereocenters. The Bertz CT molecular complexity index is 784. The number of amides is 1. The highest BCUT2D eigenvalue weighted by Crippen LogP contribution is 2.76. The van der Waals surface area contributed by atoms with Gasteiger partial charge in [-0.2, -0.15) is 0 Å². The topological polar surface area (TPSA) is 129 Å². The molecule has 0 aromatic carbocycles. The van der Waals surface area contributed by atoms with Crippen LogP contribution in [0.4, 0.5) is 0 Å². The molecule has 4 saturated carbocycles. The van der Waals surface area contributed by atoms with Crippen LogP contribution < -0.4 is 5.32 Å². The number of hydrogen-bond donors (Lipinski definition) is 1. The van der Waals surface area contributed by atoms with E-state index in [1.54, 1.807) is 20.8 Å². The number of nitrogens with one attached hydrogen (secondary N) is 1. The number of carbonyl (C=O) groups is 4. The van der Waals surface area contributed by atoms with Crippen LogP contribution in [-0.2, 0) is 19.2 Å². The van der Waals surface area contributed by atoms with E-state index < -0.39 is 0 Å². The molecule has 182 valence electrons. The molecule has 4 atom stereocenters. The summed E-state index contributed by atoms with van der Waals surface area (Å²) in [5.74, 6) is 0.297. The average molecular weight is 459 g/mol. The first-order valence-corrected chi connectivity index (χ1v) is 12.2. The molecule has 0 aliphatic heterocycles. The summed E-state index contributed by atoms with van der Waals surface area (Å²) in [7, 11) is 0. The lowest BCUT2D eigenvalue weighted by Gasteiger charge is -2.71. The van der Waals surface area contributed by atoms with Gasteiger partial charge in [0.1, 0.15) is 17.3 Å². The minimum absolute atomic E-state index is 0.00350. The maximum absolute atomic E-state index is 12.4. The normalized spacial score (nSPS) is 33.9. The number of carbonyl (C=O) groups excluding carboxylic acids is 4. The molecule has 1 N–H and O–H groups in total. The van der Waals surface area contributed by atoms with Crippen LogP contribution in [0.1, 0.15) is 97.8 Å². The van der Waals surface area contributed by atoms with E-state index >= 15 is 0 Å². The monoisotopic (exact) mass is 458 g/mol. The zero-order valence-electron chi connectivity index (χ0n) is 20.4. The van der Waals surface area contributed by atoms with Crippen molar-refractivity contribution in [2.75, 3.05) is 13.1 Å². The zero-order chi connectivity index (χ0) is 24.3. The second kappa shape index (κ2) is 9.57.